The van der Waals surface area contributed by atoms with Crippen molar-refractivity contribution in [2.45, 2.75) is 46.1 Å². The number of hydrogen-bond acceptors (Lipinski definition) is 5. The summed E-state index contributed by atoms with van der Waals surface area (Å²) in [4.78, 5) is 38.4. The zero-order valence-corrected chi connectivity index (χ0v) is 17.0. The van der Waals surface area contributed by atoms with Crippen molar-refractivity contribution in [2.24, 2.45) is 17.6 Å². The van der Waals surface area contributed by atoms with Crippen LogP contribution in [0.15, 0.2) is 22.8 Å². The van der Waals surface area contributed by atoms with Crippen LogP contribution in [0.25, 0.3) is 0 Å². The second-order valence-electron chi connectivity index (χ2n) is 7.58. The number of carbonyl (C=O) groups excluding carboxylic acids is 3. The summed E-state index contributed by atoms with van der Waals surface area (Å²) in [5.41, 5.74) is 6.96. The Bertz CT molecular complexity index is 886. The van der Waals surface area contributed by atoms with Crippen LogP contribution in [-0.4, -0.2) is 23.8 Å². The molecule has 150 valence electrons. The van der Waals surface area contributed by atoms with Crippen LogP contribution in [-0.2, 0) is 17.6 Å². The molecule has 2 aromatic rings. The van der Waals surface area contributed by atoms with E-state index in [9.17, 15) is 14.4 Å². The number of anilines is 1. The number of hydrogen-bond donors (Lipinski definition) is 3. The van der Waals surface area contributed by atoms with Crippen LogP contribution in [0.3, 0.4) is 0 Å². The number of fused-ring (bicyclic) bond motifs is 1. The predicted molar refractivity (Wildman–Crippen MR) is 107 cm³/mol. The third-order valence-corrected chi connectivity index (χ3v) is 6.15. The summed E-state index contributed by atoms with van der Waals surface area (Å²) in [6.45, 7) is 5.84. The molecule has 0 bridgehead atoms. The van der Waals surface area contributed by atoms with E-state index in [-0.39, 0.29) is 17.6 Å². The van der Waals surface area contributed by atoms with Gasteiger partial charge in [-0.2, -0.15) is 0 Å². The van der Waals surface area contributed by atoms with Gasteiger partial charge >= 0.3 is 0 Å². The number of primary amides is 1. The number of furan rings is 1. The molecule has 0 spiro atoms. The molecule has 1 aliphatic carbocycles. The molecule has 3 amide bonds. The maximum atomic E-state index is 12.9. The van der Waals surface area contributed by atoms with Crippen molar-refractivity contribution < 1.29 is 18.8 Å². The van der Waals surface area contributed by atoms with Crippen molar-refractivity contribution in [2.75, 3.05) is 5.32 Å². The number of rotatable bonds is 6. The van der Waals surface area contributed by atoms with Crippen LogP contribution in [0.4, 0.5) is 5.00 Å². The van der Waals surface area contributed by atoms with Crippen LogP contribution in [0.1, 0.15) is 58.5 Å². The van der Waals surface area contributed by atoms with Gasteiger partial charge in [-0.1, -0.05) is 20.8 Å². The quantitative estimate of drug-likeness (QED) is 0.688. The Morgan fingerprint density at radius 2 is 2.07 bits per heavy atom. The van der Waals surface area contributed by atoms with Gasteiger partial charge in [0.2, 0.25) is 5.91 Å². The van der Waals surface area contributed by atoms with Gasteiger partial charge in [0.25, 0.3) is 11.8 Å². The lowest BCUT2D eigenvalue weighted by atomic mass is 9.88. The zero-order valence-electron chi connectivity index (χ0n) is 16.2. The molecule has 2 aromatic heterocycles. The average Bonchev–Trinajstić information content (AvgIpc) is 3.26. The summed E-state index contributed by atoms with van der Waals surface area (Å²) in [7, 11) is 0. The zero-order chi connectivity index (χ0) is 20.4. The van der Waals surface area contributed by atoms with Crippen LogP contribution in [0.2, 0.25) is 0 Å². The van der Waals surface area contributed by atoms with Crippen molar-refractivity contribution in [3.63, 3.8) is 0 Å². The van der Waals surface area contributed by atoms with Crippen molar-refractivity contribution in [3.05, 3.63) is 40.2 Å². The monoisotopic (exact) mass is 403 g/mol. The van der Waals surface area contributed by atoms with E-state index in [1.807, 2.05) is 13.8 Å². The molecule has 28 heavy (non-hydrogen) atoms. The normalized spacial score (nSPS) is 17.1. The summed E-state index contributed by atoms with van der Waals surface area (Å²) in [5, 5.41) is 6.00. The van der Waals surface area contributed by atoms with E-state index in [0.29, 0.717) is 16.5 Å². The molecular weight excluding hydrogens is 378 g/mol. The molecule has 0 aromatic carbocycles. The van der Waals surface area contributed by atoms with E-state index >= 15 is 0 Å². The number of nitrogens with two attached hydrogens (primary N) is 1. The third-order valence-electron chi connectivity index (χ3n) is 4.98. The minimum absolute atomic E-state index is 0.136. The summed E-state index contributed by atoms with van der Waals surface area (Å²) in [5.74, 6) is -0.880. The lowest BCUT2D eigenvalue weighted by Crippen LogP contribution is -2.47. The first-order valence-corrected chi connectivity index (χ1v) is 10.2. The molecule has 7 nitrogen and oxygen atoms in total. The lowest BCUT2D eigenvalue weighted by Gasteiger charge is -2.21. The molecule has 0 saturated carbocycles. The van der Waals surface area contributed by atoms with Crippen molar-refractivity contribution >= 4 is 34.1 Å². The highest BCUT2D eigenvalue weighted by molar-refractivity contribution is 7.17. The van der Waals surface area contributed by atoms with Crippen molar-refractivity contribution in [1.29, 1.82) is 0 Å². The van der Waals surface area contributed by atoms with Gasteiger partial charge in [-0.05, 0) is 48.8 Å². The molecule has 4 N–H and O–H groups in total. The van der Waals surface area contributed by atoms with Crippen molar-refractivity contribution in [3.8, 4) is 0 Å². The summed E-state index contributed by atoms with van der Waals surface area (Å²) < 4.78 is 5.09. The van der Waals surface area contributed by atoms with Gasteiger partial charge in [0.05, 0.1) is 11.8 Å². The van der Waals surface area contributed by atoms with Gasteiger partial charge in [-0.3, -0.25) is 14.4 Å². The molecule has 0 saturated heterocycles. The Hall–Kier alpha value is -2.61. The molecule has 2 unspecified atom stereocenters. The molecule has 2 atom stereocenters. The Kier molecular flexibility index (Phi) is 5.88. The lowest BCUT2D eigenvalue weighted by molar-refractivity contribution is -0.118. The fourth-order valence-electron chi connectivity index (χ4n) is 3.44. The molecule has 8 heteroatoms. The first kappa shape index (κ1) is 20.1. The Balaban J connectivity index is 1.82. The third kappa shape index (κ3) is 4.11. The first-order chi connectivity index (χ1) is 13.3. The molecule has 0 aliphatic heterocycles. The van der Waals surface area contributed by atoms with Crippen LogP contribution < -0.4 is 16.4 Å². The number of nitrogens with one attached hydrogen (secondary N) is 2. The van der Waals surface area contributed by atoms with Gasteiger partial charge in [-0.25, -0.2) is 0 Å². The number of carbonyl (C=O) groups is 3. The fraction of sp³-hybridized carbons (Fsp3) is 0.450. The average molecular weight is 404 g/mol. The Morgan fingerprint density at radius 1 is 1.32 bits per heavy atom. The highest BCUT2D eigenvalue weighted by Gasteiger charge is 2.30. The summed E-state index contributed by atoms with van der Waals surface area (Å²) in [6.07, 6.45) is 4.05. The first-order valence-electron chi connectivity index (χ1n) is 9.37. The van der Waals surface area contributed by atoms with Gasteiger partial charge in [0.1, 0.15) is 11.0 Å². The largest absolute Gasteiger partial charge is 0.459 e. The van der Waals surface area contributed by atoms with Gasteiger partial charge < -0.3 is 20.8 Å². The maximum Gasteiger partial charge on any atom is 0.287 e. The summed E-state index contributed by atoms with van der Waals surface area (Å²) >= 11 is 1.40. The molecular formula is C20H25N3O4S. The van der Waals surface area contributed by atoms with Crippen LogP contribution in [0, 0.1) is 11.8 Å². The number of amides is 3. The summed E-state index contributed by atoms with van der Waals surface area (Å²) in [6, 6.07) is 2.36. The maximum absolute atomic E-state index is 12.9. The molecule has 2 heterocycles. The van der Waals surface area contributed by atoms with Gasteiger partial charge in [0.15, 0.2) is 5.76 Å². The van der Waals surface area contributed by atoms with E-state index in [0.717, 1.165) is 29.7 Å². The van der Waals surface area contributed by atoms with E-state index < -0.39 is 17.9 Å². The standard InChI is InChI=1S/C20H25N3O4S/c1-10(2)16(22-18(25)13-5-4-8-27-13)19(26)23-20-15(17(21)24)12-7-6-11(3)9-14(12)28-20/h4-5,8,10-11,16H,6-7,9H2,1-3H3,(H2,21,24)(H,22,25)(H,23,26). The SMILES string of the molecule is CC1CCc2c(sc(NC(=O)C(NC(=O)c3ccco3)C(C)C)c2C(N)=O)C1. The smallest absolute Gasteiger partial charge is 0.287 e. The molecule has 1 aliphatic rings. The topological polar surface area (TPSA) is 114 Å². The van der Waals surface area contributed by atoms with Gasteiger partial charge in [-0.15, -0.1) is 11.3 Å². The van der Waals surface area contributed by atoms with E-state index in [1.165, 1.54) is 23.7 Å². The minimum atomic E-state index is -0.781. The van der Waals surface area contributed by atoms with Crippen LogP contribution >= 0.6 is 11.3 Å². The van der Waals surface area contributed by atoms with Gasteiger partial charge in [0, 0.05) is 4.88 Å². The van der Waals surface area contributed by atoms with E-state index in [4.69, 9.17) is 10.2 Å². The minimum Gasteiger partial charge on any atom is -0.459 e. The van der Waals surface area contributed by atoms with E-state index in [2.05, 4.69) is 17.6 Å². The molecule has 0 radical (unpaired) electrons. The predicted octanol–water partition coefficient (Wildman–Crippen LogP) is 2.96. The fourth-order valence-corrected chi connectivity index (χ4v) is 4.86. The second kappa shape index (κ2) is 8.18. The van der Waals surface area contributed by atoms with E-state index in [1.54, 1.807) is 6.07 Å². The Morgan fingerprint density at radius 3 is 2.68 bits per heavy atom. The highest BCUT2D eigenvalue weighted by Crippen LogP contribution is 2.39. The van der Waals surface area contributed by atoms with Crippen LogP contribution in [0.5, 0.6) is 0 Å². The highest BCUT2D eigenvalue weighted by atomic mass is 32.1. The molecule has 3 rings (SSSR count). The Labute approximate surface area is 167 Å². The molecule has 0 fully saturated rings. The van der Waals surface area contributed by atoms with Crippen molar-refractivity contribution in [1.82, 2.24) is 5.32 Å². The second-order valence-corrected chi connectivity index (χ2v) is 8.69. The number of thiophene rings is 1.